The number of carboxylic acids is 1. The third-order valence-corrected chi connectivity index (χ3v) is 3.93. The lowest BCUT2D eigenvalue weighted by Gasteiger charge is -2.24. The van der Waals surface area contributed by atoms with Crippen molar-refractivity contribution in [2.45, 2.75) is 26.7 Å². The van der Waals surface area contributed by atoms with E-state index in [4.69, 9.17) is 5.11 Å². The molecule has 132 valence electrons. The van der Waals surface area contributed by atoms with E-state index in [9.17, 15) is 14.4 Å². The van der Waals surface area contributed by atoms with E-state index in [0.29, 0.717) is 45.7 Å². The van der Waals surface area contributed by atoms with Gasteiger partial charge < -0.3 is 5.11 Å². The van der Waals surface area contributed by atoms with Crippen LogP contribution in [0.15, 0.2) is 0 Å². The summed E-state index contributed by atoms with van der Waals surface area (Å²) in [6.07, 6.45) is 1.42. The molecule has 0 aromatic carbocycles. The number of nitrogens with zero attached hydrogens (tertiary/aromatic N) is 3. The summed E-state index contributed by atoms with van der Waals surface area (Å²) in [6, 6.07) is 0. The van der Waals surface area contributed by atoms with Gasteiger partial charge in [0.1, 0.15) is 11.6 Å². The molecule has 1 heterocycles. The predicted molar refractivity (Wildman–Crippen MR) is 87.6 cm³/mol. The van der Waals surface area contributed by atoms with Gasteiger partial charge in [0.2, 0.25) is 0 Å². The highest BCUT2D eigenvalue weighted by molar-refractivity contribution is 5.80. The number of ketones is 2. The fraction of sp³-hybridized carbons (Fsp3) is 0.812. The summed E-state index contributed by atoms with van der Waals surface area (Å²) >= 11 is 0. The summed E-state index contributed by atoms with van der Waals surface area (Å²) < 4.78 is 0. The predicted octanol–water partition coefficient (Wildman–Crippen LogP) is -0.0512. The summed E-state index contributed by atoms with van der Waals surface area (Å²) in [4.78, 5) is 40.2. The monoisotopic (exact) mass is 327 g/mol. The van der Waals surface area contributed by atoms with Crippen molar-refractivity contribution in [2.24, 2.45) is 0 Å². The minimum absolute atomic E-state index is 0.00927. The summed E-state index contributed by atoms with van der Waals surface area (Å²) in [5, 5.41) is 9.01. The van der Waals surface area contributed by atoms with Crippen LogP contribution in [0.3, 0.4) is 0 Å². The Morgan fingerprint density at radius 3 is 1.65 bits per heavy atom. The second kappa shape index (κ2) is 10.5. The molecule has 0 amide bonds. The SMILES string of the molecule is CCCC(=O)CN1CCN(CC(C)=O)CCN(CC(=O)O)CC1. The Hall–Kier alpha value is -1.31. The van der Waals surface area contributed by atoms with Gasteiger partial charge >= 0.3 is 5.97 Å². The zero-order valence-corrected chi connectivity index (χ0v) is 14.3. The topological polar surface area (TPSA) is 81.2 Å². The Morgan fingerprint density at radius 2 is 1.26 bits per heavy atom. The lowest BCUT2D eigenvalue weighted by molar-refractivity contribution is -0.138. The van der Waals surface area contributed by atoms with Crippen molar-refractivity contribution >= 4 is 17.5 Å². The smallest absolute Gasteiger partial charge is 0.317 e. The standard InChI is InChI=1S/C16H29N3O4/c1-3-4-15(21)12-18-7-5-17(11-14(2)20)6-9-19(10-8-18)13-16(22)23/h3-13H2,1-2H3,(H,22,23). The Kier molecular flexibility index (Phi) is 8.98. The third-order valence-electron chi connectivity index (χ3n) is 3.93. The summed E-state index contributed by atoms with van der Waals surface area (Å²) in [5.41, 5.74) is 0. The maximum atomic E-state index is 11.9. The molecule has 0 spiro atoms. The van der Waals surface area contributed by atoms with Crippen molar-refractivity contribution in [3.63, 3.8) is 0 Å². The minimum atomic E-state index is -0.851. The first-order valence-corrected chi connectivity index (χ1v) is 8.30. The first-order chi connectivity index (χ1) is 10.9. The van der Waals surface area contributed by atoms with Crippen LogP contribution >= 0.6 is 0 Å². The Labute approximate surface area is 138 Å². The summed E-state index contributed by atoms with van der Waals surface area (Å²) in [6.45, 7) is 8.36. The number of carbonyl (C=O) groups excluding carboxylic acids is 2. The van der Waals surface area contributed by atoms with Crippen LogP contribution in [0.2, 0.25) is 0 Å². The average Bonchev–Trinajstić information content (AvgIpc) is 2.52. The van der Waals surface area contributed by atoms with E-state index < -0.39 is 5.97 Å². The first-order valence-electron chi connectivity index (χ1n) is 8.30. The molecule has 0 saturated carbocycles. The second-order valence-electron chi connectivity index (χ2n) is 6.21. The molecule has 1 saturated heterocycles. The van der Waals surface area contributed by atoms with Gasteiger partial charge in [0.05, 0.1) is 19.6 Å². The highest BCUT2D eigenvalue weighted by Gasteiger charge is 2.19. The Balaban J connectivity index is 2.68. The van der Waals surface area contributed by atoms with Gasteiger partial charge in [0.25, 0.3) is 0 Å². The van der Waals surface area contributed by atoms with Crippen molar-refractivity contribution in [2.75, 3.05) is 58.9 Å². The van der Waals surface area contributed by atoms with E-state index in [1.165, 1.54) is 0 Å². The van der Waals surface area contributed by atoms with Crippen LogP contribution < -0.4 is 0 Å². The number of rotatable bonds is 8. The van der Waals surface area contributed by atoms with Crippen LogP contribution in [0.5, 0.6) is 0 Å². The highest BCUT2D eigenvalue weighted by Crippen LogP contribution is 2.02. The van der Waals surface area contributed by atoms with E-state index in [0.717, 1.165) is 19.5 Å². The van der Waals surface area contributed by atoms with Crippen molar-refractivity contribution in [1.29, 1.82) is 0 Å². The van der Waals surface area contributed by atoms with Crippen LogP contribution in [0.4, 0.5) is 0 Å². The normalized spacial score (nSPS) is 18.9. The van der Waals surface area contributed by atoms with Gasteiger partial charge in [-0.15, -0.1) is 0 Å². The van der Waals surface area contributed by atoms with Crippen LogP contribution in [-0.4, -0.2) is 96.2 Å². The molecule has 0 unspecified atom stereocenters. The first kappa shape index (κ1) is 19.7. The van der Waals surface area contributed by atoms with E-state index in [2.05, 4.69) is 4.90 Å². The molecule has 1 fully saturated rings. The molecule has 7 nitrogen and oxygen atoms in total. The van der Waals surface area contributed by atoms with E-state index in [1.807, 2.05) is 16.7 Å². The van der Waals surface area contributed by atoms with Gasteiger partial charge in [-0.3, -0.25) is 29.1 Å². The van der Waals surface area contributed by atoms with E-state index >= 15 is 0 Å². The van der Waals surface area contributed by atoms with E-state index in [-0.39, 0.29) is 18.1 Å². The zero-order valence-electron chi connectivity index (χ0n) is 14.3. The Bertz CT molecular complexity index is 386. The highest BCUT2D eigenvalue weighted by atomic mass is 16.4. The molecule has 0 aliphatic carbocycles. The third kappa shape index (κ3) is 8.78. The van der Waals surface area contributed by atoms with Crippen molar-refractivity contribution in [1.82, 2.24) is 14.7 Å². The fourth-order valence-electron chi connectivity index (χ4n) is 2.77. The number of carbonyl (C=O) groups is 3. The molecule has 1 rings (SSSR count). The van der Waals surface area contributed by atoms with Crippen LogP contribution in [0, 0.1) is 0 Å². The molecule has 0 radical (unpaired) electrons. The fourth-order valence-corrected chi connectivity index (χ4v) is 2.77. The number of carboxylic acid groups (broad SMARTS) is 1. The second-order valence-corrected chi connectivity index (χ2v) is 6.21. The Morgan fingerprint density at radius 1 is 0.826 bits per heavy atom. The van der Waals surface area contributed by atoms with Gasteiger partial charge in [-0.2, -0.15) is 0 Å². The summed E-state index contributed by atoms with van der Waals surface area (Å²) in [7, 11) is 0. The molecular formula is C16H29N3O4. The lowest BCUT2D eigenvalue weighted by Crippen LogP contribution is -2.40. The van der Waals surface area contributed by atoms with Crippen LogP contribution in [0.25, 0.3) is 0 Å². The quantitative estimate of drug-likeness (QED) is 0.669. The zero-order chi connectivity index (χ0) is 17.2. The van der Waals surface area contributed by atoms with Crippen molar-refractivity contribution < 1.29 is 19.5 Å². The average molecular weight is 327 g/mol. The molecule has 0 aromatic rings. The van der Waals surface area contributed by atoms with Gasteiger partial charge in [0, 0.05) is 45.7 Å². The molecule has 1 aliphatic rings. The van der Waals surface area contributed by atoms with E-state index in [1.54, 1.807) is 6.92 Å². The van der Waals surface area contributed by atoms with Gasteiger partial charge in [-0.25, -0.2) is 0 Å². The largest absolute Gasteiger partial charge is 0.480 e. The minimum Gasteiger partial charge on any atom is -0.480 e. The molecule has 23 heavy (non-hydrogen) atoms. The molecule has 7 heteroatoms. The maximum absolute atomic E-state index is 11.9. The van der Waals surface area contributed by atoms with Gasteiger partial charge in [-0.1, -0.05) is 6.92 Å². The molecule has 0 atom stereocenters. The van der Waals surface area contributed by atoms with Crippen molar-refractivity contribution in [3.8, 4) is 0 Å². The number of hydrogen-bond acceptors (Lipinski definition) is 6. The van der Waals surface area contributed by atoms with Crippen molar-refractivity contribution in [3.05, 3.63) is 0 Å². The van der Waals surface area contributed by atoms with Gasteiger partial charge in [-0.05, 0) is 13.3 Å². The number of hydrogen-bond donors (Lipinski definition) is 1. The number of Topliss-reactive ketones (excluding diaryl/α,β-unsaturated/α-hetero) is 2. The maximum Gasteiger partial charge on any atom is 0.317 e. The van der Waals surface area contributed by atoms with Gasteiger partial charge in [0.15, 0.2) is 0 Å². The molecule has 0 aromatic heterocycles. The molecule has 1 aliphatic heterocycles. The molecular weight excluding hydrogens is 298 g/mol. The lowest BCUT2D eigenvalue weighted by atomic mass is 10.2. The van der Waals surface area contributed by atoms with Crippen LogP contribution in [-0.2, 0) is 14.4 Å². The molecule has 0 bridgehead atoms. The number of aliphatic carboxylic acids is 1. The van der Waals surface area contributed by atoms with Crippen LogP contribution in [0.1, 0.15) is 26.7 Å². The summed E-state index contributed by atoms with van der Waals surface area (Å²) in [5.74, 6) is -0.534. The molecule has 1 N–H and O–H groups in total.